The highest BCUT2D eigenvalue weighted by Crippen LogP contribution is 2.26. The minimum absolute atomic E-state index is 0.0326. The predicted molar refractivity (Wildman–Crippen MR) is 115 cm³/mol. The van der Waals surface area contributed by atoms with E-state index in [1.165, 1.54) is 24.7 Å². The van der Waals surface area contributed by atoms with Crippen molar-refractivity contribution in [3.05, 3.63) is 71.2 Å². The number of benzene rings is 2. The maximum Gasteiger partial charge on any atom is 0.264 e. The highest BCUT2D eigenvalue weighted by atomic mass is 79.9. The second kappa shape index (κ2) is 7.72. The summed E-state index contributed by atoms with van der Waals surface area (Å²) in [7, 11) is -3.79. The van der Waals surface area contributed by atoms with Crippen LogP contribution in [0, 0.1) is 6.92 Å². The lowest BCUT2D eigenvalue weighted by atomic mass is 10.2. The van der Waals surface area contributed by atoms with Crippen LogP contribution in [0.4, 0.5) is 17.5 Å². The Labute approximate surface area is 175 Å². The quantitative estimate of drug-likeness (QED) is 0.452. The smallest absolute Gasteiger partial charge is 0.264 e. The fraction of sp³-hybridized carbons (Fsp3) is 0.0526. The van der Waals surface area contributed by atoms with Gasteiger partial charge in [0.1, 0.15) is 12.1 Å². The fourth-order valence-corrected chi connectivity index (χ4v) is 3.97. The molecule has 0 amide bonds. The first-order valence-corrected chi connectivity index (χ1v) is 10.8. The average Bonchev–Trinajstić information content (AvgIpc) is 2.68. The molecule has 0 aliphatic carbocycles. The van der Waals surface area contributed by atoms with Gasteiger partial charge in [-0.2, -0.15) is 0 Å². The number of hydrogen-bond donors (Lipinski definition) is 2. The Morgan fingerprint density at radius 2 is 1.76 bits per heavy atom. The number of hydrogen-bond acceptors (Lipinski definition) is 7. The summed E-state index contributed by atoms with van der Waals surface area (Å²) in [6.07, 6.45) is 2.97. The van der Waals surface area contributed by atoms with E-state index in [9.17, 15) is 8.42 Å². The van der Waals surface area contributed by atoms with Gasteiger partial charge >= 0.3 is 0 Å². The molecule has 29 heavy (non-hydrogen) atoms. The summed E-state index contributed by atoms with van der Waals surface area (Å²) in [5.74, 6) is 0.656. The molecule has 0 saturated heterocycles. The number of halogens is 1. The van der Waals surface area contributed by atoms with Crippen molar-refractivity contribution in [3.63, 3.8) is 0 Å². The van der Waals surface area contributed by atoms with Gasteiger partial charge in [0.15, 0.2) is 0 Å². The molecule has 146 valence electrons. The van der Waals surface area contributed by atoms with Crippen molar-refractivity contribution < 1.29 is 8.42 Å². The average molecular weight is 471 g/mol. The van der Waals surface area contributed by atoms with Crippen LogP contribution in [-0.4, -0.2) is 28.4 Å². The van der Waals surface area contributed by atoms with Crippen LogP contribution in [0.25, 0.3) is 10.9 Å². The van der Waals surface area contributed by atoms with E-state index in [-0.39, 0.29) is 10.8 Å². The normalized spacial score (nSPS) is 11.4. The molecule has 4 aromatic rings. The lowest BCUT2D eigenvalue weighted by Crippen LogP contribution is -2.15. The standard InChI is InChI=1S/C19H15BrN6O2S/c1-12-8-9-21-19(24-12)26-29(27,28)15-5-3-14(4-6-15)25-18-16-10-13(20)2-7-17(16)22-11-23-18/h2-11H,1H3,(H,21,24,26)(H,22,23,25). The van der Waals surface area contributed by atoms with Crippen molar-refractivity contribution in [2.24, 2.45) is 0 Å². The molecule has 0 atom stereocenters. The molecule has 2 aromatic carbocycles. The molecule has 4 rings (SSSR count). The summed E-state index contributed by atoms with van der Waals surface area (Å²) in [5.41, 5.74) is 2.16. The summed E-state index contributed by atoms with van der Waals surface area (Å²) in [6, 6.07) is 13.7. The van der Waals surface area contributed by atoms with E-state index in [1.807, 2.05) is 18.2 Å². The third kappa shape index (κ3) is 4.33. The minimum Gasteiger partial charge on any atom is -0.340 e. The van der Waals surface area contributed by atoms with Crippen molar-refractivity contribution >= 4 is 54.3 Å². The van der Waals surface area contributed by atoms with E-state index in [4.69, 9.17) is 0 Å². The van der Waals surface area contributed by atoms with Crippen LogP contribution in [0.2, 0.25) is 0 Å². The zero-order valence-corrected chi connectivity index (χ0v) is 17.6. The molecule has 0 radical (unpaired) electrons. The van der Waals surface area contributed by atoms with Crippen LogP contribution < -0.4 is 10.0 Å². The molecule has 0 aliphatic rings. The van der Waals surface area contributed by atoms with E-state index in [2.05, 4.69) is 45.9 Å². The topological polar surface area (TPSA) is 110 Å². The van der Waals surface area contributed by atoms with Crippen molar-refractivity contribution in [2.75, 3.05) is 10.0 Å². The number of nitrogens with zero attached hydrogens (tertiary/aromatic N) is 4. The molecule has 0 saturated carbocycles. The Balaban J connectivity index is 1.58. The summed E-state index contributed by atoms with van der Waals surface area (Å²) in [5, 5.41) is 4.04. The van der Waals surface area contributed by atoms with Crippen molar-refractivity contribution in [2.45, 2.75) is 11.8 Å². The first-order valence-electron chi connectivity index (χ1n) is 8.50. The number of nitrogens with one attached hydrogen (secondary N) is 2. The van der Waals surface area contributed by atoms with Crippen LogP contribution in [0.3, 0.4) is 0 Å². The number of anilines is 3. The van der Waals surface area contributed by atoms with E-state index in [0.29, 0.717) is 17.2 Å². The number of fused-ring (bicyclic) bond motifs is 1. The van der Waals surface area contributed by atoms with E-state index >= 15 is 0 Å². The Bertz CT molecular complexity index is 1300. The summed E-state index contributed by atoms with van der Waals surface area (Å²) in [4.78, 5) is 16.6. The minimum atomic E-state index is -3.79. The third-order valence-corrected chi connectivity index (χ3v) is 5.88. The number of aromatic nitrogens is 4. The Morgan fingerprint density at radius 1 is 0.966 bits per heavy atom. The SMILES string of the molecule is Cc1ccnc(NS(=O)(=O)c2ccc(Nc3ncnc4ccc(Br)cc34)cc2)n1. The second-order valence-corrected chi connectivity index (χ2v) is 8.76. The summed E-state index contributed by atoms with van der Waals surface area (Å²) in [6.45, 7) is 1.76. The van der Waals surface area contributed by atoms with Gasteiger partial charge in [0.25, 0.3) is 10.0 Å². The van der Waals surface area contributed by atoms with Gasteiger partial charge in [-0.25, -0.2) is 33.1 Å². The maximum atomic E-state index is 12.6. The van der Waals surface area contributed by atoms with Gasteiger partial charge in [0, 0.05) is 27.4 Å². The predicted octanol–water partition coefficient (Wildman–Crippen LogP) is 4.04. The van der Waals surface area contributed by atoms with Gasteiger partial charge < -0.3 is 5.32 Å². The molecule has 0 aliphatic heterocycles. The van der Waals surface area contributed by atoms with Gasteiger partial charge in [-0.15, -0.1) is 0 Å². The highest BCUT2D eigenvalue weighted by molar-refractivity contribution is 9.10. The largest absolute Gasteiger partial charge is 0.340 e. The first kappa shape index (κ1) is 19.2. The molecule has 0 bridgehead atoms. The number of rotatable bonds is 5. The highest BCUT2D eigenvalue weighted by Gasteiger charge is 2.16. The summed E-state index contributed by atoms with van der Waals surface area (Å²) >= 11 is 3.45. The van der Waals surface area contributed by atoms with Crippen molar-refractivity contribution in [3.8, 4) is 0 Å². The van der Waals surface area contributed by atoms with Gasteiger partial charge in [0.05, 0.1) is 10.4 Å². The molecule has 0 spiro atoms. The van der Waals surface area contributed by atoms with Gasteiger partial charge in [-0.3, -0.25) is 0 Å². The lowest BCUT2D eigenvalue weighted by Gasteiger charge is -2.10. The van der Waals surface area contributed by atoms with E-state index < -0.39 is 10.0 Å². The molecule has 2 aromatic heterocycles. The van der Waals surface area contributed by atoms with E-state index in [0.717, 1.165) is 15.4 Å². The van der Waals surface area contributed by atoms with Crippen molar-refractivity contribution in [1.29, 1.82) is 0 Å². The lowest BCUT2D eigenvalue weighted by molar-refractivity contribution is 0.601. The van der Waals surface area contributed by atoms with Crippen LogP contribution in [0.15, 0.2) is 70.4 Å². The Hall–Kier alpha value is -3.11. The van der Waals surface area contributed by atoms with Crippen molar-refractivity contribution in [1.82, 2.24) is 19.9 Å². The zero-order valence-electron chi connectivity index (χ0n) is 15.2. The van der Waals surface area contributed by atoms with Gasteiger partial charge in [0.2, 0.25) is 5.95 Å². The molecule has 2 N–H and O–H groups in total. The van der Waals surface area contributed by atoms with Gasteiger partial charge in [-0.05, 0) is 55.5 Å². The van der Waals surface area contributed by atoms with Crippen LogP contribution in [0.1, 0.15) is 5.69 Å². The zero-order chi connectivity index (χ0) is 20.4. The Morgan fingerprint density at radius 3 is 2.52 bits per heavy atom. The summed E-state index contributed by atoms with van der Waals surface area (Å²) < 4.78 is 28.4. The first-order chi connectivity index (χ1) is 13.9. The van der Waals surface area contributed by atoms with Gasteiger partial charge in [-0.1, -0.05) is 15.9 Å². The molecule has 2 heterocycles. The van der Waals surface area contributed by atoms with Crippen LogP contribution in [0.5, 0.6) is 0 Å². The number of aryl methyl sites for hydroxylation is 1. The maximum absolute atomic E-state index is 12.6. The van der Waals surface area contributed by atoms with E-state index in [1.54, 1.807) is 25.1 Å². The van der Waals surface area contributed by atoms with Crippen LogP contribution >= 0.6 is 15.9 Å². The fourth-order valence-electron chi connectivity index (χ4n) is 2.66. The monoisotopic (exact) mass is 470 g/mol. The second-order valence-electron chi connectivity index (χ2n) is 6.16. The third-order valence-electron chi connectivity index (χ3n) is 4.05. The molecular weight excluding hydrogens is 456 g/mol. The molecule has 0 unspecified atom stereocenters. The molecule has 0 fully saturated rings. The number of sulfonamides is 1. The molecule has 10 heteroatoms. The molecule has 8 nitrogen and oxygen atoms in total. The van der Waals surface area contributed by atoms with Crippen LogP contribution in [-0.2, 0) is 10.0 Å². The molecular formula is C19H15BrN6O2S. The Kier molecular flexibility index (Phi) is 5.12.